The minimum absolute atomic E-state index is 0.115. The van der Waals surface area contributed by atoms with Crippen LogP contribution in [0, 0.1) is 13.8 Å². The minimum Gasteiger partial charge on any atom is -0.441 e. The van der Waals surface area contributed by atoms with Crippen LogP contribution in [0.1, 0.15) is 17.0 Å². The van der Waals surface area contributed by atoms with Crippen LogP contribution in [0.25, 0.3) is 11.5 Å². The van der Waals surface area contributed by atoms with Crippen LogP contribution in [-0.2, 0) is 16.6 Å². The Kier molecular flexibility index (Phi) is 5.20. The third kappa shape index (κ3) is 3.99. The lowest BCUT2D eigenvalue weighted by Gasteiger charge is -2.23. The van der Waals surface area contributed by atoms with Crippen molar-refractivity contribution in [3.8, 4) is 11.5 Å². The first kappa shape index (κ1) is 18.7. The second-order valence-corrected chi connectivity index (χ2v) is 8.91. The number of benzene rings is 2. The van der Waals surface area contributed by atoms with E-state index in [1.54, 1.807) is 13.0 Å². The molecule has 0 bridgehead atoms. The molecule has 0 saturated heterocycles. The molecule has 0 fully saturated rings. The van der Waals surface area contributed by atoms with Gasteiger partial charge < -0.3 is 4.42 Å². The molecule has 5 nitrogen and oxygen atoms in total. The lowest BCUT2D eigenvalue weighted by Crippen LogP contribution is -2.30. The number of sulfonamides is 1. The van der Waals surface area contributed by atoms with Crippen LogP contribution in [0.3, 0.4) is 0 Å². The van der Waals surface area contributed by atoms with E-state index in [0.717, 1.165) is 15.6 Å². The van der Waals surface area contributed by atoms with E-state index in [2.05, 4.69) is 20.9 Å². The molecule has 2 aromatic carbocycles. The van der Waals surface area contributed by atoms with E-state index in [9.17, 15) is 8.42 Å². The molecule has 0 aliphatic rings. The summed E-state index contributed by atoms with van der Waals surface area (Å²) in [5.41, 5.74) is 2.93. The first-order valence-electron chi connectivity index (χ1n) is 8.01. The van der Waals surface area contributed by atoms with Gasteiger partial charge in [0, 0.05) is 10.0 Å². The van der Waals surface area contributed by atoms with Crippen molar-refractivity contribution in [2.45, 2.75) is 20.4 Å². The highest BCUT2D eigenvalue weighted by Gasteiger charge is 2.23. The van der Waals surface area contributed by atoms with Crippen molar-refractivity contribution in [3.63, 3.8) is 0 Å². The number of halogens is 1. The fourth-order valence-electron chi connectivity index (χ4n) is 2.69. The Morgan fingerprint density at radius 3 is 2.42 bits per heavy atom. The summed E-state index contributed by atoms with van der Waals surface area (Å²) in [6.07, 6.45) is 1.20. The normalized spacial score (nSPS) is 11.5. The number of hydrogen-bond donors (Lipinski definition) is 0. The number of rotatable bonds is 5. The monoisotopic (exact) mass is 434 g/mol. The maximum atomic E-state index is 12.4. The molecule has 0 aliphatic heterocycles. The van der Waals surface area contributed by atoms with Gasteiger partial charge in [0.2, 0.25) is 15.9 Å². The fourth-order valence-corrected chi connectivity index (χ4v) is 4.09. The van der Waals surface area contributed by atoms with E-state index < -0.39 is 10.0 Å². The largest absolute Gasteiger partial charge is 0.441 e. The molecule has 1 aromatic heterocycles. The van der Waals surface area contributed by atoms with Gasteiger partial charge >= 0.3 is 0 Å². The molecule has 0 spiro atoms. The van der Waals surface area contributed by atoms with Crippen LogP contribution in [0.15, 0.2) is 57.4 Å². The van der Waals surface area contributed by atoms with Gasteiger partial charge in [-0.05, 0) is 49.7 Å². The van der Waals surface area contributed by atoms with Crippen molar-refractivity contribution < 1.29 is 12.8 Å². The zero-order valence-electron chi connectivity index (χ0n) is 14.7. The Morgan fingerprint density at radius 1 is 1.12 bits per heavy atom. The highest BCUT2D eigenvalue weighted by Crippen LogP contribution is 2.29. The summed E-state index contributed by atoms with van der Waals surface area (Å²) in [7, 11) is -3.49. The summed E-state index contributed by atoms with van der Waals surface area (Å²) in [5, 5.41) is 0. The summed E-state index contributed by atoms with van der Waals surface area (Å²) in [4.78, 5) is 4.52. The van der Waals surface area contributed by atoms with E-state index in [-0.39, 0.29) is 6.54 Å². The molecule has 3 rings (SSSR count). The maximum Gasteiger partial charge on any atom is 0.232 e. The maximum absolute atomic E-state index is 12.4. The predicted octanol–water partition coefficient (Wildman–Crippen LogP) is 4.69. The van der Waals surface area contributed by atoms with Crippen LogP contribution in [0.2, 0.25) is 0 Å². The Labute approximate surface area is 161 Å². The molecule has 3 aromatic rings. The Morgan fingerprint density at radius 2 is 1.81 bits per heavy atom. The number of aromatic nitrogens is 1. The number of aryl methyl sites for hydroxylation is 2. The van der Waals surface area contributed by atoms with Gasteiger partial charge in [-0.15, -0.1) is 0 Å². The van der Waals surface area contributed by atoms with Gasteiger partial charge in [0.05, 0.1) is 18.5 Å². The van der Waals surface area contributed by atoms with Crippen molar-refractivity contribution in [1.29, 1.82) is 0 Å². The molecule has 0 aliphatic carbocycles. The summed E-state index contributed by atoms with van der Waals surface area (Å²) >= 11 is 3.41. The molecule has 0 radical (unpaired) electrons. The molecule has 0 saturated carbocycles. The van der Waals surface area contributed by atoms with Crippen molar-refractivity contribution in [3.05, 3.63) is 70.0 Å². The smallest absolute Gasteiger partial charge is 0.232 e. The summed E-state index contributed by atoms with van der Waals surface area (Å²) in [5.74, 6) is 1.09. The second-order valence-electron chi connectivity index (χ2n) is 6.09. The lowest BCUT2D eigenvalue weighted by atomic mass is 10.2. The molecular weight excluding hydrogens is 416 g/mol. The van der Waals surface area contributed by atoms with Crippen molar-refractivity contribution in [2.24, 2.45) is 0 Å². The molecule has 7 heteroatoms. The first-order chi connectivity index (χ1) is 12.3. The Balaban J connectivity index is 2.00. The third-order valence-electron chi connectivity index (χ3n) is 4.03. The van der Waals surface area contributed by atoms with Crippen LogP contribution in [0.4, 0.5) is 5.69 Å². The number of hydrogen-bond acceptors (Lipinski definition) is 4. The van der Waals surface area contributed by atoms with Crippen molar-refractivity contribution >= 4 is 31.6 Å². The Bertz CT molecular complexity index is 1030. The fraction of sp³-hybridized carbons (Fsp3) is 0.211. The quantitative estimate of drug-likeness (QED) is 0.584. The van der Waals surface area contributed by atoms with Gasteiger partial charge in [-0.2, -0.15) is 0 Å². The lowest BCUT2D eigenvalue weighted by molar-refractivity contribution is 0.539. The summed E-state index contributed by atoms with van der Waals surface area (Å²) in [6.45, 7) is 3.79. The molecule has 0 N–H and O–H groups in total. The zero-order valence-corrected chi connectivity index (χ0v) is 17.1. The summed E-state index contributed by atoms with van der Waals surface area (Å²) in [6, 6.07) is 15.0. The average molecular weight is 435 g/mol. The molecular formula is C19H19BrN2O3S. The van der Waals surface area contributed by atoms with Crippen LogP contribution in [-0.4, -0.2) is 19.7 Å². The van der Waals surface area contributed by atoms with Crippen LogP contribution in [0.5, 0.6) is 0 Å². The number of nitrogens with zero attached hydrogens (tertiary/aromatic N) is 2. The standard InChI is InChI=1S/C19H19BrN2O3S/c1-13-11-16(20)9-10-18(13)22(26(3,23)24)12-17-14(2)25-19(21-17)15-7-5-4-6-8-15/h4-11H,12H2,1-3H3. The van der Waals surface area contributed by atoms with E-state index in [1.807, 2.05) is 49.4 Å². The number of anilines is 1. The highest BCUT2D eigenvalue weighted by molar-refractivity contribution is 9.10. The molecule has 0 atom stereocenters. The number of oxazole rings is 1. The molecule has 1 heterocycles. The summed E-state index contributed by atoms with van der Waals surface area (Å²) < 4.78 is 32.8. The predicted molar refractivity (Wildman–Crippen MR) is 107 cm³/mol. The van der Waals surface area contributed by atoms with Gasteiger partial charge in [-0.3, -0.25) is 4.31 Å². The van der Waals surface area contributed by atoms with Gasteiger partial charge in [-0.1, -0.05) is 34.1 Å². The van der Waals surface area contributed by atoms with Gasteiger partial charge in [-0.25, -0.2) is 13.4 Å². The Hall–Kier alpha value is -2.12. The van der Waals surface area contributed by atoms with E-state index >= 15 is 0 Å². The topological polar surface area (TPSA) is 63.4 Å². The minimum atomic E-state index is -3.49. The molecule has 136 valence electrons. The average Bonchev–Trinajstić information content (AvgIpc) is 2.94. The SMILES string of the molecule is Cc1cc(Br)ccc1N(Cc1nc(-c2ccccc2)oc1C)S(C)(=O)=O. The van der Waals surface area contributed by atoms with E-state index in [0.29, 0.717) is 23.0 Å². The van der Waals surface area contributed by atoms with Crippen LogP contribution >= 0.6 is 15.9 Å². The highest BCUT2D eigenvalue weighted by atomic mass is 79.9. The van der Waals surface area contributed by atoms with Crippen LogP contribution < -0.4 is 4.31 Å². The van der Waals surface area contributed by atoms with Gasteiger partial charge in [0.15, 0.2) is 0 Å². The first-order valence-corrected chi connectivity index (χ1v) is 10.7. The third-order valence-corrected chi connectivity index (χ3v) is 5.65. The second kappa shape index (κ2) is 7.25. The van der Waals surface area contributed by atoms with E-state index in [4.69, 9.17) is 4.42 Å². The molecule has 0 unspecified atom stereocenters. The molecule has 0 amide bonds. The van der Waals surface area contributed by atoms with E-state index in [1.165, 1.54) is 10.6 Å². The van der Waals surface area contributed by atoms with Crippen molar-refractivity contribution in [2.75, 3.05) is 10.6 Å². The van der Waals surface area contributed by atoms with Crippen molar-refractivity contribution in [1.82, 2.24) is 4.98 Å². The zero-order chi connectivity index (χ0) is 18.9. The van der Waals surface area contributed by atoms with Gasteiger partial charge in [0.25, 0.3) is 0 Å². The molecule has 26 heavy (non-hydrogen) atoms. The van der Waals surface area contributed by atoms with Gasteiger partial charge in [0.1, 0.15) is 11.5 Å².